The Morgan fingerprint density at radius 1 is 0.913 bits per heavy atom. The third kappa shape index (κ3) is 3.57. The Kier molecular flexibility index (Phi) is 6.15. The van der Waals surface area contributed by atoms with Crippen molar-refractivity contribution in [2.75, 3.05) is 26.3 Å². The molecule has 23 heavy (non-hydrogen) atoms. The van der Waals surface area contributed by atoms with Crippen LogP contribution in [-0.4, -0.2) is 26.3 Å². The van der Waals surface area contributed by atoms with E-state index >= 15 is 0 Å². The maximum absolute atomic E-state index is 14.9. The van der Waals surface area contributed by atoms with Gasteiger partial charge < -0.3 is 20.9 Å². The first kappa shape index (κ1) is 17.9. The van der Waals surface area contributed by atoms with Crippen LogP contribution in [0, 0.1) is 25.5 Å². The van der Waals surface area contributed by atoms with E-state index in [-0.39, 0.29) is 29.4 Å². The second kappa shape index (κ2) is 7.90. The topological polar surface area (TPSA) is 73.7 Å². The van der Waals surface area contributed by atoms with Gasteiger partial charge in [0, 0.05) is 23.1 Å². The molecule has 0 saturated carbocycles. The minimum absolute atomic E-state index is 0.131. The predicted octanol–water partition coefficient (Wildman–Crippen LogP) is 1.82. The van der Waals surface area contributed by atoms with Gasteiger partial charge in [-0.25, -0.2) is 8.78 Å². The fraction of sp³-hybridized carbons (Fsp3) is 0.500. The standard InChI is InChI=1S/C16H22F2N2O2S/c1-9-10(2)23-16-11(9)12(17)14(21-7-3-5-19)15(13(16)18)22-8-4-6-20/h3-8,19-20H2,1-2H3/p+2. The number of halogens is 2. The number of fused-ring (bicyclic) bond motifs is 1. The molecule has 0 amide bonds. The number of rotatable bonds is 8. The molecule has 0 atom stereocenters. The lowest BCUT2D eigenvalue weighted by Crippen LogP contribution is -2.50. The molecule has 0 aliphatic heterocycles. The van der Waals surface area contributed by atoms with E-state index in [1.807, 2.05) is 6.92 Å². The first-order chi connectivity index (χ1) is 11.0. The molecule has 0 unspecified atom stereocenters. The second-order valence-electron chi connectivity index (χ2n) is 5.38. The Morgan fingerprint density at radius 3 is 1.96 bits per heavy atom. The molecule has 7 heteroatoms. The van der Waals surface area contributed by atoms with Crippen LogP contribution in [0.3, 0.4) is 0 Å². The summed E-state index contributed by atoms with van der Waals surface area (Å²) in [5, 5.41) is 0.291. The molecule has 2 aromatic rings. The Morgan fingerprint density at radius 2 is 1.43 bits per heavy atom. The van der Waals surface area contributed by atoms with Crippen LogP contribution in [0.4, 0.5) is 8.78 Å². The lowest BCUT2D eigenvalue weighted by molar-refractivity contribution is -0.369. The average Bonchev–Trinajstić information content (AvgIpc) is 2.83. The van der Waals surface area contributed by atoms with E-state index in [9.17, 15) is 8.78 Å². The molecule has 2 rings (SSSR count). The molecule has 6 N–H and O–H groups in total. The molecule has 1 aromatic carbocycles. The van der Waals surface area contributed by atoms with Gasteiger partial charge in [-0.05, 0) is 19.4 Å². The Hall–Kier alpha value is -1.44. The molecule has 0 saturated heterocycles. The first-order valence-electron chi connectivity index (χ1n) is 7.77. The summed E-state index contributed by atoms with van der Waals surface area (Å²) < 4.78 is 41.1. The van der Waals surface area contributed by atoms with Gasteiger partial charge in [0.2, 0.25) is 11.5 Å². The monoisotopic (exact) mass is 346 g/mol. The summed E-state index contributed by atoms with van der Waals surface area (Å²) in [5.74, 6) is -1.35. The molecule has 0 fully saturated rings. The van der Waals surface area contributed by atoms with E-state index in [4.69, 9.17) is 9.47 Å². The molecule has 4 nitrogen and oxygen atoms in total. The predicted molar refractivity (Wildman–Crippen MR) is 86.9 cm³/mol. The SMILES string of the molecule is Cc1sc2c(F)c(OCCC[NH3+])c(OCCC[NH3+])c(F)c2c1C. The Labute approximate surface area is 138 Å². The molecule has 128 valence electrons. The summed E-state index contributed by atoms with van der Waals surface area (Å²) in [6, 6.07) is 0. The van der Waals surface area contributed by atoms with Crippen LogP contribution in [0.25, 0.3) is 10.1 Å². The lowest BCUT2D eigenvalue weighted by Gasteiger charge is -2.15. The molecule has 1 aromatic heterocycles. The van der Waals surface area contributed by atoms with Gasteiger partial charge in [-0.3, -0.25) is 0 Å². The third-order valence-electron chi connectivity index (χ3n) is 3.69. The van der Waals surface area contributed by atoms with Crippen molar-refractivity contribution in [2.24, 2.45) is 0 Å². The molecule has 0 aliphatic carbocycles. The van der Waals surface area contributed by atoms with Crippen LogP contribution in [0.2, 0.25) is 0 Å². The van der Waals surface area contributed by atoms with Crippen LogP contribution in [-0.2, 0) is 0 Å². The molecular weight excluding hydrogens is 322 g/mol. The summed E-state index contributed by atoms with van der Waals surface area (Å²) in [5.41, 5.74) is 8.19. The molecular formula is C16H24F2N2O2S+2. The summed E-state index contributed by atoms with van der Waals surface area (Å²) in [4.78, 5) is 0.886. The van der Waals surface area contributed by atoms with Gasteiger partial charge in [0.25, 0.3) is 0 Å². The highest BCUT2D eigenvalue weighted by Gasteiger charge is 2.26. The average molecular weight is 346 g/mol. The summed E-state index contributed by atoms with van der Waals surface area (Å²) in [7, 11) is 0. The van der Waals surface area contributed by atoms with Gasteiger partial charge in [-0.1, -0.05) is 0 Å². The Bertz CT molecular complexity index is 689. The highest BCUT2D eigenvalue weighted by Crippen LogP contribution is 2.44. The van der Waals surface area contributed by atoms with Crippen molar-refractivity contribution in [2.45, 2.75) is 26.7 Å². The highest BCUT2D eigenvalue weighted by atomic mass is 32.1. The Balaban J connectivity index is 2.53. The molecule has 0 radical (unpaired) electrons. The van der Waals surface area contributed by atoms with E-state index in [0.29, 0.717) is 31.3 Å². The zero-order chi connectivity index (χ0) is 17.0. The van der Waals surface area contributed by atoms with E-state index in [1.165, 1.54) is 11.3 Å². The zero-order valence-electron chi connectivity index (χ0n) is 13.6. The van der Waals surface area contributed by atoms with E-state index in [2.05, 4.69) is 11.5 Å². The van der Waals surface area contributed by atoms with Gasteiger partial charge in [0.1, 0.15) is 0 Å². The zero-order valence-corrected chi connectivity index (χ0v) is 14.5. The van der Waals surface area contributed by atoms with Crippen LogP contribution >= 0.6 is 11.3 Å². The minimum atomic E-state index is -0.545. The van der Waals surface area contributed by atoms with Gasteiger partial charge in [-0.15, -0.1) is 11.3 Å². The van der Waals surface area contributed by atoms with Gasteiger partial charge in [0.15, 0.2) is 11.6 Å². The van der Waals surface area contributed by atoms with Gasteiger partial charge in [-0.2, -0.15) is 0 Å². The van der Waals surface area contributed by atoms with E-state index in [0.717, 1.165) is 10.4 Å². The fourth-order valence-corrected chi connectivity index (χ4v) is 3.36. The number of ether oxygens (including phenoxy) is 2. The number of aryl methyl sites for hydroxylation is 2. The third-order valence-corrected chi connectivity index (χ3v) is 4.89. The van der Waals surface area contributed by atoms with Crippen molar-refractivity contribution in [1.29, 1.82) is 0 Å². The quantitative estimate of drug-likeness (QED) is 0.716. The summed E-state index contributed by atoms with van der Waals surface area (Å²) in [6.07, 6.45) is 1.33. The molecule has 0 bridgehead atoms. The molecule has 0 aliphatic rings. The van der Waals surface area contributed by atoms with Gasteiger partial charge in [0.05, 0.1) is 31.0 Å². The maximum Gasteiger partial charge on any atom is 0.201 e. The fourth-order valence-electron chi connectivity index (χ4n) is 2.27. The van der Waals surface area contributed by atoms with E-state index < -0.39 is 11.6 Å². The first-order valence-corrected chi connectivity index (χ1v) is 8.59. The van der Waals surface area contributed by atoms with Crippen molar-refractivity contribution in [3.63, 3.8) is 0 Å². The van der Waals surface area contributed by atoms with Crippen molar-refractivity contribution < 1.29 is 29.7 Å². The lowest BCUT2D eigenvalue weighted by atomic mass is 10.1. The number of hydrogen-bond donors (Lipinski definition) is 2. The van der Waals surface area contributed by atoms with E-state index in [1.54, 1.807) is 6.92 Å². The summed E-state index contributed by atoms with van der Waals surface area (Å²) >= 11 is 1.24. The van der Waals surface area contributed by atoms with Crippen LogP contribution in [0.1, 0.15) is 23.3 Å². The molecule has 1 heterocycles. The van der Waals surface area contributed by atoms with Crippen LogP contribution in [0.15, 0.2) is 0 Å². The number of benzene rings is 1. The highest BCUT2D eigenvalue weighted by molar-refractivity contribution is 7.19. The van der Waals surface area contributed by atoms with Crippen molar-refractivity contribution in [3.05, 3.63) is 22.1 Å². The smallest absolute Gasteiger partial charge is 0.201 e. The largest absolute Gasteiger partial charge is 0.487 e. The minimum Gasteiger partial charge on any atom is -0.487 e. The van der Waals surface area contributed by atoms with Crippen molar-refractivity contribution >= 4 is 21.4 Å². The van der Waals surface area contributed by atoms with Gasteiger partial charge >= 0.3 is 0 Å². The second-order valence-corrected chi connectivity index (χ2v) is 6.61. The molecule has 0 spiro atoms. The number of hydrogen-bond acceptors (Lipinski definition) is 3. The van der Waals surface area contributed by atoms with Crippen molar-refractivity contribution in [1.82, 2.24) is 0 Å². The maximum atomic E-state index is 14.9. The normalized spacial score (nSPS) is 11.2. The number of thiophene rings is 1. The van der Waals surface area contributed by atoms with Crippen LogP contribution < -0.4 is 20.9 Å². The van der Waals surface area contributed by atoms with Crippen LogP contribution in [0.5, 0.6) is 11.5 Å². The number of quaternary nitrogens is 2. The van der Waals surface area contributed by atoms with Crippen molar-refractivity contribution in [3.8, 4) is 11.5 Å². The summed E-state index contributed by atoms with van der Waals surface area (Å²) in [6.45, 7) is 5.53.